The number of ether oxygens (including phenoxy) is 1. The van der Waals surface area contributed by atoms with Gasteiger partial charge in [0.25, 0.3) is 0 Å². The Morgan fingerprint density at radius 2 is 1.95 bits per heavy atom. The van der Waals surface area contributed by atoms with Crippen LogP contribution in [0.1, 0.15) is 36.8 Å². The van der Waals surface area contributed by atoms with E-state index in [0.29, 0.717) is 12.5 Å². The van der Waals surface area contributed by atoms with Crippen LogP contribution in [0.4, 0.5) is 0 Å². The third-order valence-electron chi connectivity index (χ3n) is 4.01. The van der Waals surface area contributed by atoms with Gasteiger partial charge in [0.2, 0.25) is 0 Å². The molecule has 1 aliphatic carbocycles. The molecule has 2 rings (SSSR count). The van der Waals surface area contributed by atoms with E-state index in [0.717, 1.165) is 25.9 Å². The molecule has 19 heavy (non-hydrogen) atoms. The minimum atomic E-state index is -0.115. The van der Waals surface area contributed by atoms with Gasteiger partial charge in [-0.1, -0.05) is 37.1 Å². The summed E-state index contributed by atoms with van der Waals surface area (Å²) in [5, 5.41) is 13.4. The van der Waals surface area contributed by atoms with Crippen molar-refractivity contribution >= 4 is 0 Å². The fourth-order valence-electron chi connectivity index (χ4n) is 2.84. The molecule has 1 aromatic rings. The summed E-state index contributed by atoms with van der Waals surface area (Å²) >= 11 is 0. The van der Waals surface area contributed by atoms with Crippen LogP contribution in [0, 0.1) is 5.92 Å². The van der Waals surface area contributed by atoms with Crippen LogP contribution in [0.3, 0.4) is 0 Å². The van der Waals surface area contributed by atoms with Crippen LogP contribution < -0.4 is 5.32 Å². The standard InChI is InChI=1S/C16H25NO2/c1-19-12-15-8-3-2-6-13(15)10-17-11-14-7-4-5-9-16(14)18/h2-3,6,8,14,16-18H,4-5,7,9-12H2,1H3. The maximum atomic E-state index is 9.94. The summed E-state index contributed by atoms with van der Waals surface area (Å²) in [5.41, 5.74) is 2.52. The van der Waals surface area contributed by atoms with Crippen LogP contribution >= 0.6 is 0 Å². The van der Waals surface area contributed by atoms with Crippen molar-refractivity contribution in [2.24, 2.45) is 5.92 Å². The van der Waals surface area contributed by atoms with Crippen molar-refractivity contribution in [2.75, 3.05) is 13.7 Å². The Labute approximate surface area is 116 Å². The molecule has 1 aromatic carbocycles. The molecule has 0 saturated heterocycles. The number of rotatable bonds is 6. The highest BCUT2D eigenvalue weighted by molar-refractivity contribution is 5.26. The summed E-state index contributed by atoms with van der Waals surface area (Å²) in [6, 6.07) is 8.35. The molecule has 2 atom stereocenters. The van der Waals surface area contributed by atoms with Gasteiger partial charge >= 0.3 is 0 Å². The average molecular weight is 263 g/mol. The first-order valence-corrected chi connectivity index (χ1v) is 7.25. The van der Waals surface area contributed by atoms with Gasteiger partial charge in [0.15, 0.2) is 0 Å². The van der Waals surface area contributed by atoms with E-state index < -0.39 is 0 Å². The lowest BCUT2D eigenvalue weighted by Crippen LogP contribution is -2.33. The SMILES string of the molecule is COCc1ccccc1CNCC1CCCCC1O. The predicted octanol–water partition coefficient (Wildman–Crippen LogP) is 2.47. The monoisotopic (exact) mass is 263 g/mol. The number of benzene rings is 1. The van der Waals surface area contributed by atoms with Crippen LogP contribution in [0.15, 0.2) is 24.3 Å². The molecule has 1 saturated carbocycles. The summed E-state index contributed by atoms with van der Waals surface area (Å²) in [6.07, 6.45) is 4.42. The molecule has 3 nitrogen and oxygen atoms in total. The molecular weight excluding hydrogens is 238 g/mol. The maximum absolute atomic E-state index is 9.94. The zero-order valence-electron chi connectivity index (χ0n) is 11.8. The van der Waals surface area contributed by atoms with Gasteiger partial charge < -0.3 is 15.2 Å². The van der Waals surface area contributed by atoms with Crippen molar-refractivity contribution in [1.82, 2.24) is 5.32 Å². The Morgan fingerprint density at radius 3 is 2.68 bits per heavy atom. The van der Waals surface area contributed by atoms with Crippen LogP contribution in [0.2, 0.25) is 0 Å². The number of hydrogen-bond donors (Lipinski definition) is 2. The van der Waals surface area contributed by atoms with Crippen LogP contribution in [-0.2, 0) is 17.9 Å². The second-order valence-electron chi connectivity index (χ2n) is 5.44. The van der Waals surface area contributed by atoms with Crippen molar-refractivity contribution in [2.45, 2.75) is 44.9 Å². The van der Waals surface area contributed by atoms with Gasteiger partial charge in [-0.05, 0) is 29.9 Å². The van der Waals surface area contributed by atoms with E-state index in [1.165, 1.54) is 24.0 Å². The van der Waals surface area contributed by atoms with Gasteiger partial charge in [-0.25, -0.2) is 0 Å². The summed E-state index contributed by atoms with van der Waals surface area (Å²) in [7, 11) is 1.72. The quantitative estimate of drug-likeness (QED) is 0.828. The van der Waals surface area contributed by atoms with Crippen molar-refractivity contribution in [3.63, 3.8) is 0 Å². The van der Waals surface area contributed by atoms with E-state index in [2.05, 4.69) is 23.5 Å². The Morgan fingerprint density at radius 1 is 1.21 bits per heavy atom. The molecule has 0 amide bonds. The first-order chi connectivity index (χ1) is 9.31. The lowest BCUT2D eigenvalue weighted by atomic mass is 9.86. The molecule has 106 valence electrons. The topological polar surface area (TPSA) is 41.5 Å². The second-order valence-corrected chi connectivity index (χ2v) is 5.44. The predicted molar refractivity (Wildman–Crippen MR) is 76.8 cm³/mol. The molecule has 0 bridgehead atoms. The highest BCUT2D eigenvalue weighted by Gasteiger charge is 2.22. The molecule has 0 aromatic heterocycles. The molecule has 0 heterocycles. The summed E-state index contributed by atoms with van der Waals surface area (Å²) in [4.78, 5) is 0. The van der Waals surface area contributed by atoms with Crippen molar-refractivity contribution in [3.8, 4) is 0 Å². The summed E-state index contributed by atoms with van der Waals surface area (Å²) in [5.74, 6) is 0.420. The van der Waals surface area contributed by atoms with Crippen LogP contribution in [-0.4, -0.2) is 24.9 Å². The maximum Gasteiger partial charge on any atom is 0.0716 e. The minimum absolute atomic E-state index is 0.115. The Kier molecular flexibility index (Phi) is 5.83. The highest BCUT2D eigenvalue weighted by Crippen LogP contribution is 2.23. The molecule has 3 heteroatoms. The van der Waals surface area contributed by atoms with E-state index in [-0.39, 0.29) is 6.10 Å². The minimum Gasteiger partial charge on any atom is -0.393 e. The molecule has 1 aliphatic rings. The van der Waals surface area contributed by atoms with Gasteiger partial charge in [-0.2, -0.15) is 0 Å². The fourth-order valence-corrected chi connectivity index (χ4v) is 2.84. The zero-order chi connectivity index (χ0) is 13.5. The van der Waals surface area contributed by atoms with Gasteiger partial charge in [-0.15, -0.1) is 0 Å². The average Bonchev–Trinajstić information content (AvgIpc) is 2.43. The first kappa shape index (κ1) is 14.5. The highest BCUT2D eigenvalue weighted by atomic mass is 16.5. The fraction of sp³-hybridized carbons (Fsp3) is 0.625. The van der Waals surface area contributed by atoms with Gasteiger partial charge in [0.05, 0.1) is 12.7 Å². The number of aliphatic hydroxyl groups is 1. The smallest absolute Gasteiger partial charge is 0.0716 e. The molecular formula is C16H25NO2. The number of aliphatic hydroxyl groups excluding tert-OH is 1. The molecule has 0 aliphatic heterocycles. The van der Waals surface area contributed by atoms with Crippen molar-refractivity contribution < 1.29 is 9.84 Å². The lowest BCUT2D eigenvalue weighted by molar-refractivity contribution is 0.0695. The van der Waals surface area contributed by atoms with Gasteiger partial charge in [-0.3, -0.25) is 0 Å². The van der Waals surface area contributed by atoms with E-state index in [1.807, 2.05) is 6.07 Å². The number of hydrogen-bond acceptors (Lipinski definition) is 3. The number of nitrogens with one attached hydrogen (secondary N) is 1. The molecule has 0 radical (unpaired) electrons. The van der Waals surface area contributed by atoms with Crippen molar-refractivity contribution in [1.29, 1.82) is 0 Å². The van der Waals surface area contributed by atoms with Crippen LogP contribution in [0.5, 0.6) is 0 Å². The Bertz CT molecular complexity index is 381. The van der Waals surface area contributed by atoms with E-state index >= 15 is 0 Å². The largest absolute Gasteiger partial charge is 0.393 e. The Balaban J connectivity index is 1.81. The number of methoxy groups -OCH3 is 1. The van der Waals surface area contributed by atoms with Gasteiger partial charge in [0.1, 0.15) is 0 Å². The first-order valence-electron chi connectivity index (χ1n) is 7.25. The Hall–Kier alpha value is -0.900. The second kappa shape index (κ2) is 7.63. The molecule has 2 N–H and O–H groups in total. The molecule has 0 spiro atoms. The lowest BCUT2D eigenvalue weighted by Gasteiger charge is -2.27. The van der Waals surface area contributed by atoms with Gasteiger partial charge in [0, 0.05) is 20.2 Å². The van der Waals surface area contributed by atoms with E-state index in [4.69, 9.17) is 4.74 Å². The summed E-state index contributed by atoms with van der Waals surface area (Å²) in [6.45, 7) is 2.41. The van der Waals surface area contributed by atoms with E-state index in [1.54, 1.807) is 7.11 Å². The van der Waals surface area contributed by atoms with E-state index in [9.17, 15) is 5.11 Å². The molecule has 2 unspecified atom stereocenters. The normalized spacial score (nSPS) is 23.5. The zero-order valence-corrected chi connectivity index (χ0v) is 11.8. The summed E-state index contributed by atoms with van der Waals surface area (Å²) < 4.78 is 5.21. The molecule has 1 fully saturated rings. The van der Waals surface area contributed by atoms with Crippen molar-refractivity contribution in [3.05, 3.63) is 35.4 Å². The van der Waals surface area contributed by atoms with Crippen LogP contribution in [0.25, 0.3) is 0 Å². The third kappa shape index (κ3) is 4.30. The third-order valence-corrected chi connectivity index (χ3v) is 4.01.